The van der Waals surface area contributed by atoms with Gasteiger partial charge >= 0.3 is 0 Å². The number of carbonyl (C=O) groups excluding carboxylic acids is 1. The van der Waals surface area contributed by atoms with Crippen LogP contribution in [-0.4, -0.2) is 30.8 Å². The Hall–Kier alpha value is -1.59. The molecular formula is C13H19NO4. The van der Waals surface area contributed by atoms with Gasteiger partial charge in [0.15, 0.2) is 0 Å². The fraction of sp³-hybridized carbons (Fsp3) is 0.462. The number of hydroxylamine groups is 1. The Kier molecular flexibility index (Phi) is 5.61. The molecule has 1 aromatic carbocycles. The van der Waals surface area contributed by atoms with Crippen molar-refractivity contribution >= 4 is 5.91 Å². The molecule has 0 aliphatic carbocycles. The van der Waals surface area contributed by atoms with Crippen molar-refractivity contribution in [2.24, 2.45) is 0 Å². The number of methoxy groups -OCH3 is 1. The van der Waals surface area contributed by atoms with Crippen molar-refractivity contribution < 1.29 is 19.5 Å². The first-order chi connectivity index (χ1) is 8.54. The number of rotatable bonds is 6. The van der Waals surface area contributed by atoms with Gasteiger partial charge in [-0.3, -0.25) is 9.63 Å². The van der Waals surface area contributed by atoms with E-state index in [1.54, 1.807) is 27.0 Å². The molecule has 0 aliphatic rings. The summed E-state index contributed by atoms with van der Waals surface area (Å²) in [5, 5.41) is 9.00. The lowest BCUT2D eigenvalue weighted by Gasteiger charge is -2.13. The minimum Gasteiger partial charge on any atom is -0.497 e. The number of hydrogen-bond donors (Lipinski definition) is 2. The van der Waals surface area contributed by atoms with Crippen molar-refractivity contribution in [2.75, 3.05) is 13.7 Å². The smallest absolute Gasteiger partial charge is 0.250 e. The fourth-order valence-electron chi connectivity index (χ4n) is 1.38. The number of benzene rings is 1. The normalized spacial score (nSPS) is 13.8. The quantitative estimate of drug-likeness (QED) is 0.748. The molecule has 5 nitrogen and oxygen atoms in total. The van der Waals surface area contributed by atoms with Crippen LogP contribution in [0.15, 0.2) is 24.3 Å². The molecule has 0 aromatic heterocycles. The first kappa shape index (κ1) is 14.5. The molecule has 0 aliphatic heterocycles. The molecule has 1 aromatic rings. The maximum absolute atomic E-state index is 11.8. The first-order valence-corrected chi connectivity index (χ1v) is 5.78. The third-order valence-electron chi connectivity index (χ3n) is 2.48. The Bertz CT molecular complexity index is 392. The van der Waals surface area contributed by atoms with Crippen LogP contribution in [-0.2, 0) is 9.63 Å². The highest BCUT2D eigenvalue weighted by atomic mass is 16.7. The average Bonchev–Trinajstić information content (AvgIpc) is 2.37. The monoisotopic (exact) mass is 253 g/mol. The highest BCUT2D eigenvalue weighted by Crippen LogP contribution is 2.20. The van der Waals surface area contributed by atoms with E-state index in [2.05, 4.69) is 5.48 Å². The molecule has 0 radical (unpaired) electrons. The van der Waals surface area contributed by atoms with E-state index in [0.717, 1.165) is 5.56 Å². The minimum atomic E-state index is -0.613. The predicted molar refractivity (Wildman–Crippen MR) is 67.2 cm³/mol. The van der Waals surface area contributed by atoms with Gasteiger partial charge in [0.25, 0.3) is 5.91 Å². The topological polar surface area (TPSA) is 67.8 Å². The van der Waals surface area contributed by atoms with Crippen LogP contribution >= 0.6 is 0 Å². The highest BCUT2D eigenvalue weighted by Gasteiger charge is 2.16. The zero-order chi connectivity index (χ0) is 13.5. The van der Waals surface area contributed by atoms with E-state index in [4.69, 9.17) is 14.7 Å². The van der Waals surface area contributed by atoms with Crippen molar-refractivity contribution in [2.45, 2.75) is 25.9 Å². The second-order valence-corrected chi connectivity index (χ2v) is 4.12. The van der Waals surface area contributed by atoms with E-state index in [1.165, 1.54) is 0 Å². The Balaban J connectivity index is 2.56. The van der Waals surface area contributed by atoms with Crippen LogP contribution in [0, 0.1) is 0 Å². The summed E-state index contributed by atoms with van der Waals surface area (Å²) in [7, 11) is 1.58. The van der Waals surface area contributed by atoms with Gasteiger partial charge in [-0.1, -0.05) is 12.1 Å². The van der Waals surface area contributed by atoms with Crippen molar-refractivity contribution in [1.29, 1.82) is 0 Å². The number of hydrogen-bond acceptors (Lipinski definition) is 4. The molecule has 18 heavy (non-hydrogen) atoms. The summed E-state index contributed by atoms with van der Waals surface area (Å²) in [4.78, 5) is 16.6. The number of ether oxygens (including phenoxy) is 1. The lowest BCUT2D eigenvalue weighted by Crippen LogP contribution is -2.30. The average molecular weight is 253 g/mol. The van der Waals surface area contributed by atoms with E-state index in [0.29, 0.717) is 5.75 Å². The third kappa shape index (κ3) is 4.35. The number of nitrogens with one attached hydrogen (secondary N) is 1. The molecule has 0 fully saturated rings. The molecule has 2 unspecified atom stereocenters. The molecule has 5 heteroatoms. The van der Waals surface area contributed by atoms with Gasteiger partial charge in [-0.25, -0.2) is 5.48 Å². The molecule has 2 N–H and O–H groups in total. The number of carbonyl (C=O) groups is 1. The summed E-state index contributed by atoms with van der Waals surface area (Å²) in [6.07, 6.45) is -0.613. The summed E-state index contributed by atoms with van der Waals surface area (Å²) >= 11 is 0. The van der Waals surface area contributed by atoms with Gasteiger partial charge in [-0.05, 0) is 31.5 Å². The SMILES string of the molecule is COc1cccc(C(C)C(=O)NOCC(C)O)c1. The Morgan fingerprint density at radius 1 is 1.44 bits per heavy atom. The number of aliphatic hydroxyl groups excluding tert-OH is 1. The second-order valence-electron chi connectivity index (χ2n) is 4.12. The van der Waals surface area contributed by atoms with Crippen LogP contribution in [0.2, 0.25) is 0 Å². The Morgan fingerprint density at radius 3 is 2.78 bits per heavy atom. The van der Waals surface area contributed by atoms with Gasteiger partial charge in [-0.15, -0.1) is 0 Å². The van der Waals surface area contributed by atoms with Crippen molar-refractivity contribution in [3.05, 3.63) is 29.8 Å². The van der Waals surface area contributed by atoms with Gasteiger partial charge < -0.3 is 9.84 Å². The molecule has 1 amide bonds. The van der Waals surface area contributed by atoms with Crippen LogP contribution in [0.5, 0.6) is 5.75 Å². The summed E-state index contributed by atoms with van der Waals surface area (Å²) in [6, 6.07) is 7.30. The molecule has 0 saturated carbocycles. The standard InChI is InChI=1S/C13H19NO4/c1-9(15)8-18-14-13(16)10(2)11-5-4-6-12(7-11)17-3/h4-7,9-10,15H,8H2,1-3H3,(H,14,16). The van der Waals surface area contributed by atoms with Crippen LogP contribution in [0.3, 0.4) is 0 Å². The van der Waals surface area contributed by atoms with Gasteiger partial charge in [0.1, 0.15) is 12.4 Å². The van der Waals surface area contributed by atoms with E-state index in [-0.39, 0.29) is 18.4 Å². The van der Waals surface area contributed by atoms with Gasteiger partial charge in [0.2, 0.25) is 0 Å². The van der Waals surface area contributed by atoms with Crippen LogP contribution in [0.4, 0.5) is 0 Å². The maximum Gasteiger partial charge on any atom is 0.250 e. The third-order valence-corrected chi connectivity index (χ3v) is 2.48. The zero-order valence-electron chi connectivity index (χ0n) is 10.8. The highest BCUT2D eigenvalue weighted by molar-refractivity contribution is 5.82. The van der Waals surface area contributed by atoms with Crippen LogP contribution < -0.4 is 10.2 Å². The molecule has 0 saturated heterocycles. The molecule has 100 valence electrons. The molecule has 2 atom stereocenters. The molecule has 0 heterocycles. The molecule has 0 bridgehead atoms. The summed E-state index contributed by atoms with van der Waals surface area (Å²) in [5.41, 5.74) is 3.15. The molecular weight excluding hydrogens is 234 g/mol. The fourth-order valence-corrected chi connectivity index (χ4v) is 1.38. The summed E-state index contributed by atoms with van der Waals surface area (Å²) in [5.74, 6) is 0.0926. The lowest BCUT2D eigenvalue weighted by molar-refractivity contribution is -0.136. The summed E-state index contributed by atoms with van der Waals surface area (Å²) < 4.78 is 5.10. The molecule has 1 rings (SSSR count). The van der Waals surface area contributed by atoms with Crippen LogP contribution in [0.25, 0.3) is 0 Å². The van der Waals surface area contributed by atoms with Crippen molar-refractivity contribution in [1.82, 2.24) is 5.48 Å². The predicted octanol–water partition coefficient (Wildman–Crippen LogP) is 1.23. The number of amides is 1. The Morgan fingerprint density at radius 2 is 2.17 bits per heavy atom. The largest absolute Gasteiger partial charge is 0.497 e. The molecule has 0 spiro atoms. The minimum absolute atomic E-state index is 0.0660. The van der Waals surface area contributed by atoms with Gasteiger partial charge in [0, 0.05) is 0 Å². The van der Waals surface area contributed by atoms with E-state index in [1.807, 2.05) is 18.2 Å². The number of aliphatic hydroxyl groups is 1. The lowest BCUT2D eigenvalue weighted by atomic mass is 10.0. The van der Waals surface area contributed by atoms with Crippen LogP contribution in [0.1, 0.15) is 25.3 Å². The summed E-state index contributed by atoms with van der Waals surface area (Å²) in [6.45, 7) is 3.42. The van der Waals surface area contributed by atoms with Gasteiger partial charge in [0.05, 0.1) is 19.1 Å². The Labute approximate surface area is 107 Å². The van der Waals surface area contributed by atoms with E-state index < -0.39 is 6.10 Å². The zero-order valence-corrected chi connectivity index (χ0v) is 10.8. The van der Waals surface area contributed by atoms with Gasteiger partial charge in [-0.2, -0.15) is 0 Å². The maximum atomic E-state index is 11.8. The van der Waals surface area contributed by atoms with E-state index >= 15 is 0 Å². The van der Waals surface area contributed by atoms with Crippen molar-refractivity contribution in [3.8, 4) is 5.75 Å². The second kappa shape index (κ2) is 6.98. The van der Waals surface area contributed by atoms with Crippen molar-refractivity contribution in [3.63, 3.8) is 0 Å². The van der Waals surface area contributed by atoms with E-state index in [9.17, 15) is 4.79 Å². The first-order valence-electron chi connectivity index (χ1n) is 5.78.